The molecule has 0 unspecified atom stereocenters. The zero-order valence-electron chi connectivity index (χ0n) is 6.85. The van der Waals surface area contributed by atoms with E-state index in [1.807, 2.05) is 0 Å². The first kappa shape index (κ1) is 13.6. The van der Waals surface area contributed by atoms with E-state index in [0.29, 0.717) is 0 Å². The highest BCUT2D eigenvalue weighted by molar-refractivity contribution is 4.71. The highest BCUT2D eigenvalue weighted by Crippen LogP contribution is 2.31. The fourth-order valence-corrected chi connectivity index (χ4v) is 2.35. The fraction of sp³-hybridized carbons (Fsp3) is 1.00. The van der Waals surface area contributed by atoms with Crippen LogP contribution in [0.1, 0.15) is 54.9 Å². The molecular weight excluding hydrogens is 132 g/mol. The van der Waals surface area contributed by atoms with Crippen molar-refractivity contribution < 1.29 is 0 Å². The van der Waals surface area contributed by atoms with Crippen LogP contribution in [0.5, 0.6) is 0 Å². The van der Waals surface area contributed by atoms with E-state index in [0.717, 1.165) is 17.8 Å². The van der Waals surface area contributed by atoms with E-state index in [9.17, 15) is 0 Å². The number of rotatable bonds is 0. The lowest BCUT2D eigenvalue weighted by Crippen LogP contribution is -2.16. The Bertz CT molecular complexity index is 61.0. The standard InChI is InChI=1S/C9H18.2CH4/c1-7-4-8(2)6-9(3)5-7;;/h7-9H,4-6H2,1-3H3;2*1H4. The summed E-state index contributed by atoms with van der Waals surface area (Å²) in [5, 5.41) is 0. The van der Waals surface area contributed by atoms with E-state index in [1.165, 1.54) is 19.3 Å². The third kappa shape index (κ3) is 4.44. The van der Waals surface area contributed by atoms with Gasteiger partial charge in [0.25, 0.3) is 0 Å². The minimum Gasteiger partial charge on any atom is -0.0776 e. The molecule has 0 aromatic carbocycles. The summed E-state index contributed by atoms with van der Waals surface area (Å²) in [7, 11) is 0. The molecule has 1 saturated carbocycles. The SMILES string of the molecule is C.C.CC1CC(C)CC(C)C1. The van der Waals surface area contributed by atoms with Crippen molar-refractivity contribution in [2.45, 2.75) is 54.9 Å². The van der Waals surface area contributed by atoms with Crippen molar-refractivity contribution >= 4 is 0 Å². The summed E-state index contributed by atoms with van der Waals surface area (Å²) in [5.41, 5.74) is 0. The van der Waals surface area contributed by atoms with Crippen LogP contribution in [0.3, 0.4) is 0 Å². The maximum Gasteiger partial charge on any atom is -0.0438 e. The van der Waals surface area contributed by atoms with Crippen molar-refractivity contribution in [1.29, 1.82) is 0 Å². The number of hydrogen-bond acceptors (Lipinski definition) is 0. The minimum absolute atomic E-state index is 0. The Hall–Kier alpha value is 0. The lowest BCUT2D eigenvalue weighted by Gasteiger charge is -2.28. The average molecular weight is 158 g/mol. The predicted molar refractivity (Wildman–Crippen MR) is 54.8 cm³/mol. The van der Waals surface area contributed by atoms with Crippen LogP contribution < -0.4 is 0 Å². The Morgan fingerprint density at radius 1 is 0.636 bits per heavy atom. The van der Waals surface area contributed by atoms with E-state index in [-0.39, 0.29) is 14.9 Å². The van der Waals surface area contributed by atoms with Crippen LogP contribution in [0.15, 0.2) is 0 Å². The molecule has 0 amide bonds. The maximum atomic E-state index is 2.38. The summed E-state index contributed by atoms with van der Waals surface area (Å²) >= 11 is 0. The molecule has 0 aromatic heterocycles. The Kier molecular flexibility index (Phi) is 6.94. The monoisotopic (exact) mass is 158 g/mol. The third-order valence-corrected chi connectivity index (χ3v) is 2.41. The van der Waals surface area contributed by atoms with E-state index < -0.39 is 0 Å². The van der Waals surface area contributed by atoms with Gasteiger partial charge in [0.1, 0.15) is 0 Å². The van der Waals surface area contributed by atoms with Gasteiger partial charge < -0.3 is 0 Å². The zero-order valence-corrected chi connectivity index (χ0v) is 6.85. The molecular formula is C11H26. The highest BCUT2D eigenvalue weighted by Gasteiger charge is 2.19. The molecule has 0 aromatic rings. The van der Waals surface area contributed by atoms with Crippen molar-refractivity contribution in [3.63, 3.8) is 0 Å². The van der Waals surface area contributed by atoms with Gasteiger partial charge in [-0.05, 0) is 37.0 Å². The van der Waals surface area contributed by atoms with Crippen LogP contribution in [0.2, 0.25) is 0 Å². The predicted octanol–water partition coefficient (Wildman–Crippen LogP) is 4.35. The second-order valence-electron chi connectivity index (χ2n) is 4.02. The molecule has 0 nitrogen and oxygen atoms in total. The Balaban J connectivity index is 0. The minimum atomic E-state index is 0. The maximum absolute atomic E-state index is 2.38. The van der Waals surface area contributed by atoms with Crippen LogP contribution in [0, 0.1) is 17.8 Å². The molecule has 0 heteroatoms. The Morgan fingerprint density at radius 3 is 1.00 bits per heavy atom. The smallest absolute Gasteiger partial charge is 0.0438 e. The zero-order chi connectivity index (χ0) is 6.85. The Morgan fingerprint density at radius 2 is 0.818 bits per heavy atom. The van der Waals surface area contributed by atoms with Crippen LogP contribution in [-0.2, 0) is 0 Å². The summed E-state index contributed by atoms with van der Waals surface area (Å²) in [5.74, 6) is 2.97. The van der Waals surface area contributed by atoms with Crippen LogP contribution in [0.25, 0.3) is 0 Å². The van der Waals surface area contributed by atoms with Crippen molar-refractivity contribution in [3.8, 4) is 0 Å². The van der Waals surface area contributed by atoms with Gasteiger partial charge in [0, 0.05) is 0 Å². The molecule has 0 bridgehead atoms. The molecule has 1 rings (SSSR count). The summed E-state index contributed by atoms with van der Waals surface area (Å²) in [6.45, 7) is 7.14. The van der Waals surface area contributed by atoms with Crippen molar-refractivity contribution in [2.75, 3.05) is 0 Å². The first-order chi connectivity index (χ1) is 4.18. The molecule has 70 valence electrons. The van der Waals surface area contributed by atoms with E-state index in [2.05, 4.69) is 20.8 Å². The largest absolute Gasteiger partial charge is 0.0776 e. The first-order valence-corrected chi connectivity index (χ1v) is 4.18. The summed E-state index contributed by atoms with van der Waals surface area (Å²) < 4.78 is 0. The second-order valence-corrected chi connectivity index (χ2v) is 4.02. The third-order valence-electron chi connectivity index (χ3n) is 2.41. The molecule has 1 fully saturated rings. The molecule has 11 heavy (non-hydrogen) atoms. The fourth-order valence-electron chi connectivity index (χ4n) is 2.35. The molecule has 0 aliphatic heterocycles. The second kappa shape index (κ2) is 5.62. The van der Waals surface area contributed by atoms with Gasteiger partial charge in [-0.1, -0.05) is 35.6 Å². The van der Waals surface area contributed by atoms with Gasteiger partial charge in [0.05, 0.1) is 0 Å². The molecule has 0 spiro atoms. The molecule has 1 aliphatic rings. The molecule has 0 radical (unpaired) electrons. The van der Waals surface area contributed by atoms with Gasteiger partial charge in [0.2, 0.25) is 0 Å². The molecule has 1 aliphatic carbocycles. The quantitative estimate of drug-likeness (QED) is 0.491. The van der Waals surface area contributed by atoms with Crippen molar-refractivity contribution in [1.82, 2.24) is 0 Å². The first-order valence-electron chi connectivity index (χ1n) is 4.18. The molecule has 0 atom stereocenters. The lowest BCUT2D eigenvalue weighted by atomic mass is 9.78. The van der Waals surface area contributed by atoms with Gasteiger partial charge in [-0.3, -0.25) is 0 Å². The molecule has 0 heterocycles. The number of hydrogen-bond donors (Lipinski definition) is 0. The van der Waals surface area contributed by atoms with Gasteiger partial charge in [-0.25, -0.2) is 0 Å². The van der Waals surface area contributed by atoms with Crippen molar-refractivity contribution in [2.24, 2.45) is 17.8 Å². The van der Waals surface area contributed by atoms with Crippen molar-refractivity contribution in [3.05, 3.63) is 0 Å². The van der Waals surface area contributed by atoms with Gasteiger partial charge in [0.15, 0.2) is 0 Å². The Labute approximate surface area is 73.4 Å². The van der Waals surface area contributed by atoms with Crippen LogP contribution >= 0.6 is 0 Å². The lowest BCUT2D eigenvalue weighted by molar-refractivity contribution is 0.233. The van der Waals surface area contributed by atoms with E-state index >= 15 is 0 Å². The molecule has 0 saturated heterocycles. The van der Waals surface area contributed by atoms with E-state index in [4.69, 9.17) is 0 Å². The van der Waals surface area contributed by atoms with Crippen LogP contribution in [0.4, 0.5) is 0 Å². The highest BCUT2D eigenvalue weighted by atomic mass is 14.3. The van der Waals surface area contributed by atoms with Gasteiger partial charge in [-0.2, -0.15) is 0 Å². The molecule has 0 N–H and O–H groups in total. The average Bonchev–Trinajstić information content (AvgIpc) is 1.59. The van der Waals surface area contributed by atoms with Crippen LogP contribution in [-0.4, -0.2) is 0 Å². The summed E-state index contributed by atoms with van der Waals surface area (Å²) in [6, 6.07) is 0. The van der Waals surface area contributed by atoms with Gasteiger partial charge in [-0.15, -0.1) is 0 Å². The van der Waals surface area contributed by atoms with E-state index in [1.54, 1.807) is 0 Å². The normalized spacial score (nSPS) is 36.8. The summed E-state index contributed by atoms with van der Waals surface area (Å²) in [4.78, 5) is 0. The summed E-state index contributed by atoms with van der Waals surface area (Å²) in [6.07, 6.45) is 4.39. The topological polar surface area (TPSA) is 0 Å². The van der Waals surface area contributed by atoms with Gasteiger partial charge >= 0.3 is 0 Å².